The predicted octanol–water partition coefficient (Wildman–Crippen LogP) is 1.22. The first-order valence-corrected chi connectivity index (χ1v) is 11.0. The Kier molecular flexibility index (Phi) is 8.89. The molecular formula is C22H32FIN8O. The van der Waals surface area contributed by atoms with Gasteiger partial charge in [0.25, 0.3) is 0 Å². The zero-order chi connectivity index (χ0) is 22.5. The smallest absolute Gasteiger partial charge is 0.246 e. The number of nitrogens with one attached hydrogen (secondary N) is 1. The van der Waals surface area contributed by atoms with E-state index in [0.717, 1.165) is 63.1 Å². The Hall–Kier alpha value is -2.41. The van der Waals surface area contributed by atoms with E-state index in [1.165, 1.54) is 12.1 Å². The summed E-state index contributed by atoms with van der Waals surface area (Å²) in [4.78, 5) is 25.5. The molecule has 3 heterocycles. The molecule has 1 aromatic heterocycles. The van der Waals surface area contributed by atoms with Crippen molar-refractivity contribution in [1.29, 1.82) is 0 Å². The minimum Gasteiger partial charge on any atom is -0.369 e. The van der Waals surface area contributed by atoms with Crippen molar-refractivity contribution in [2.24, 2.45) is 12.0 Å². The van der Waals surface area contributed by atoms with Crippen molar-refractivity contribution in [2.75, 3.05) is 75.8 Å². The first-order chi connectivity index (χ1) is 15.5. The molecule has 0 aliphatic carbocycles. The summed E-state index contributed by atoms with van der Waals surface area (Å²) < 4.78 is 14.8. The van der Waals surface area contributed by atoms with Crippen LogP contribution in [0.15, 0.2) is 41.7 Å². The summed E-state index contributed by atoms with van der Waals surface area (Å²) in [5.74, 6) is 0.602. The molecule has 0 unspecified atom stereocenters. The predicted molar refractivity (Wildman–Crippen MR) is 139 cm³/mol. The standard InChI is InChI=1S/C22H31FN8O.HI/c1-24-22(30-13-14-31(21(32)17-30)20-15-26-27(2)16-20)25-7-8-28-9-11-29(12-10-28)19-5-3-18(23)4-6-19;/h3-6,15-16H,7-14,17H2,1-2H3,(H,24,25);1H. The van der Waals surface area contributed by atoms with Crippen molar-refractivity contribution >= 4 is 47.2 Å². The SMILES string of the molecule is CN=C(NCCN1CCN(c2ccc(F)cc2)CC1)N1CCN(c2cnn(C)c2)C(=O)C1.I. The number of amides is 1. The Balaban J connectivity index is 0.00000306. The van der Waals surface area contributed by atoms with Crippen molar-refractivity contribution in [1.82, 2.24) is 24.9 Å². The Morgan fingerprint density at radius 2 is 1.82 bits per heavy atom. The van der Waals surface area contributed by atoms with E-state index < -0.39 is 0 Å². The number of hydrogen-bond donors (Lipinski definition) is 1. The highest BCUT2D eigenvalue weighted by atomic mass is 127. The summed E-state index contributed by atoms with van der Waals surface area (Å²) in [6, 6.07) is 6.70. The molecule has 1 N–H and O–H groups in total. The van der Waals surface area contributed by atoms with Gasteiger partial charge in [0.15, 0.2) is 5.96 Å². The minimum absolute atomic E-state index is 0. The Labute approximate surface area is 211 Å². The van der Waals surface area contributed by atoms with Gasteiger partial charge in [0.1, 0.15) is 12.4 Å². The fraction of sp³-hybridized carbons (Fsp3) is 0.500. The topological polar surface area (TPSA) is 72.2 Å². The summed E-state index contributed by atoms with van der Waals surface area (Å²) in [6.45, 7) is 7.05. The first kappa shape index (κ1) is 25.2. The third-order valence-corrected chi connectivity index (χ3v) is 6.01. The van der Waals surface area contributed by atoms with Gasteiger partial charge in [0.05, 0.1) is 11.9 Å². The molecule has 2 aliphatic heterocycles. The van der Waals surface area contributed by atoms with Gasteiger partial charge in [0, 0.05) is 78.3 Å². The van der Waals surface area contributed by atoms with Crippen molar-refractivity contribution in [3.8, 4) is 0 Å². The summed E-state index contributed by atoms with van der Waals surface area (Å²) in [5.41, 5.74) is 1.90. The van der Waals surface area contributed by atoms with Crippen LogP contribution in [0.1, 0.15) is 0 Å². The number of rotatable bonds is 5. The number of guanidine groups is 1. The molecule has 2 aromatic rings. The van der Waals surface area contributed by atoms with E-state index in [-0.39, 0.29) is 35.7 Å². The van der Waals surface area contributed by atoms with Crippen LogP contribution in [-0.4, -0.2) is 97.4 Å². The van der Waals surface area contributed by atoms with Crippen LogP contribution in [0.3, 0.4) is 0 Å². The van der Waals surface area contributed by atoms with Gasteiger partial charge < -0.3 is 20.0 Å². The Bertz CT molecular complexity index is 942. The minimum atomic E-state index is -0.202. The van der Waals surface area contributed by atoms with Crippen LogP contribution in [0.4, 0.5) is 15.8 Å². The van der Waals surface area contributed by atoms with E-state index in [4.69, 9.17) is 0 Å². The Morgan fingerprint density at radius 1 is 1.09 bits per heavy atom. The second kappa shape index (κ2) is 11.6. The number of carbonyl (C=O) groups is 1. The molecule has 11 heteroatoms. The number of benzene rings is 1. The van der Waals surface area contributed by atoms with Gasteiger partial charge in [-0.05, 0) is 24.3 Å². The highest BCUT2D eigenvalue weighted by molar-refractivity contribution is 14.0. The van der Waals surface area contributed by atoms with Crippen molar-refractivity contribution in [3.05, 3.63) is 42.5 Å². The van der Waals surface area contributed by atoms with Gasteiger partial charge >= 0.3 is 0 Å². The highest BCUT2D eigenvalue weighted by Crippen LogP contribution is 2.17. The van der Waals surface area contributed by atoms with E-state index in [1.54, 1.807) is 22.8 Å². The third-order valence-electron chi connectivity index (χ3n) is 6.01. The number of aryl methyl sites for hydroxylation is 1. The van der Waals surface area contributed by atoms with E-state index in [9.17, 15) is 9.18 Å². The first-order valence-electron chi connectivity index (χ1n) is 11.0. The number of nitrogens with zero attached hydrogens (tertiary/aromatic N) is 7. The molecule has 180 valence electrons. The number of carbonyl (C=O) groups excluding carboxylic acids is 1. The van der Waals surface area contributed by atoms with Crippen molar-refractivity contribution < 1.29 is 9.18 Å². The number of halogens is 2. The maximum atomic E-state index is 13.1. The van der Waals surface area contributed by atoms with Crippen LogP contribution >= 0.6 is 24.0 Å². The summed E-state index contributed by atoms with van der Waals surface area (Å²) in [5, 5.41) is 7.56. The zero-order valence-electron chi connectivity index (χ0n) is 19.2. The lowest BCUT2D eigenvalue weighted by molar-refractivity contribution is -0.120. The number of aromatic nitrogens is 2. The third kappa shape index (κ3) is 6.34. The molecule has 33 heavy (non-hydrogen) atoms. The van der Waals surface area contributed by atoms with Crippen LogP contribution in [0.5, 0.6) is 0 Å². The normalized spacial score (nSPS) is 17.8. The quantitative estimate of drug-likeness (QED) is 0.332. The van der Waals surface area contributed by atoms with Crippen LogP contribution in [-0.2, 0) is 11.8 Å². The molecule has 2 fully saturated rings. The monoisotopic (exact) mass is 570 g/mol. The van der Waals surface area contributed by atoms with Crippen LogP contribution < -0.4 is 15.1 Å². The van der Waals surface area contributed by atoms with Gasteiger partial charge in [-0.15, -0.1) is 24.0 Å². The van der Waals surface area contributed by atoms with Crippen molar-refractivity contribution in [2.45, 2.75) is 0 Å². The molecule has 9 nitrogen and oxygen atoms in total. The van der Waals surface area contributed by atoms with E-state index in [1.807, 2.05) is 30.3 Å². The second-order valence-electron chi connectivity index (χ2n) is 8.12. The van der Waals surface area contributed by atoms with E-state index in [2.05, 4.69) is 25.2 Å². The Morgan fingerprint density at radius 3 is 2.42 bits per heavy atom. The average Bonchev–Trinajstić information content (AvgIpc) is 3.23. The summed E-state index contributed by atoms with van der Waals surface area (Å²) >= 11 is 0. The van der Waals surface area contributed by atoms with Gasteiger partial charge in [-0.1, -0.05) is 0 Å². The summed E-state index contributed by atoms with van der Waals surface area (Å²) in [6.07, 6.45) is 3.58. The van der Waals surface area contributed by atoms with E-state index >= 15 is 0 Å². The molecule has 0 radical (unpaired) electrons. The average molecular weight is 570 g/mol. The molecule has 0 spiro atoms. The van der Waals surface area contributed by atoms with Crippen LogP contribution in [0, 0.1) is 5.82 Å². The lowest BCUT2D eigenvalue weighted by Gasteiger charge is -2.37. The van der Waals surface area contributed by atoms with Crippen LogP contribution in [0.2, 0.25) is 0 Å². The maximum absolute atomic E-state index is 13.1. The van der Waals surface area contributed by atoms with Gasteiger partial charge in [0.2, 0.25) is 5.91 Å². The molecule has 1 amide bonds. The molecule has 1 aromatic carbocycles. The fourth-order valence-electron chi connectivity index (χ4n) is 4.21. The van der Waals surface area contributed by atoms with Crippen molar-refractivity contribution in [3.63, 3.8) is 0 Å². The molecule has 2 saturated heterocycles. The second-order valence-corrected chi connectivity index (χ2v) is 8.12. The number of aliphatic imine (C=N–C) groups is 1. The summed E-state index contributed by atoms with van der Waals surface area (Å²) in [7, 11) is 3.60. The van der Waals surface area contributed by atoms with Gasteiger partial charge in [-0.25, -0.2) is 4.39 Å². The van der Waals surface area contributed by atoms with Gasteiger partial charge in [-0.2, -0.15) is 5.10 Å². The molecule has 0 atom stereocenters. The van der Waals surface area contributed by atoms with E-state index in [0.29, 0.717) is 13.1 Å². The molecule has 2 aliphatic rings. The maximum Gasteiger partial charge on any atom is 0.246 e. The zero-order valence-corrected chi connectivity index (χ0v) is 21.5. The number of anilines is 2. The van der Waals surface area contributed by atoms with Crippen LogP contribution in [0.25, 0.3) is 0 Å². The molecule has 4 rings (SSSR count). The van der Waals surface area contributed by atoms with Gasteiger partial charge in [-0.3, -0.25) is 19.4 Å². The molecular weight excluding hydrogens is 538 g/mol. The molecule has 0 bridgehead atoms. The lowest BCUT2D eigenvalue weighted by Crippen LogP contribution is -2.56. The largest absolute Gasteiger partial charge is 0.369 e. The lowest BCUT2D eigenvalue weighted by atomic mass is 10.2. The molecule has 0 saturated carbocycles. The highest BCUT2D eigenvalue weighted by Gasteiger charge is 2.27. The fourth-order valence-corrected chi connectivity index (χ4v) is 4.21. The number of piperazine rings is 2. The number of hydrogen-bond acceptors (Lipinski definition) is 5.